The Morgan fingerprint density at radius 3 is 2.70 bits per heavy atom. The number of methoxy groups -OCH3 is 1. The minimum atomic E-state index is -0.0598. The predicted molar refractivity (Wildman–Crippen MR) is 92.2 cm³/mol. The van der Waals surface area contributed by atoms with Crippen LogP contribution in [-0.2, 0) is 16.1 Å². The van der Waals surface area contributed by atoms with Gasteiger partial charge in [0.25, 0.3) is 0 Å². The molecular formula is C18H22N2O2S. The van der Waals surface area contributed by atoms with Gasteiger partial charge in [0.05, 0.1) is 18.7 Å². The summed E-state index contributed by atoms with van der Waals surface area (Å²) in [5.74, 6) is 0.0254. The average Bonchev–Trinajstić information content (AvgIpc) is 3.09. The summed E-state index contributed by atoms with van der Waals surface area (Å²) < 4.78 is 4.83. The van der Waals surface area contributed by atoms with Gasteiger partial charge in [-0.25, -0.2) is 4.98 Å². The first kappa shape index (κ1) is 16.1. The molecule has 0 unspecified atom stereocenters. The molecule has 0 atom stereocenters. The number of carbonyl (C=O) groups excluding carboxylic acids is 1. The standard InChI is InChI=1S/C18H22N2O2S/c1-22-18(21)14-7-9-15(10-8-14)19-11-16-12-23-17(20-16)13-5-3-2-4-6-13/h2-6,12,14-15,19H,7-11H2,1H3. The summed E-state index contributed by atoms with van der Waals surface area (Å²) in [6.45, 7) is 0.789. The molecule has 4 nitrogen and oxygen atoms in total. The summed E-state index contributed by atoms with van der Waals surface area (Å²) in [7, 11) is 1.47. The van der Waals surface area contributed by atoms with Crippen LogP contribution in [0.3, 0.4) is 0 Å². The third-order valence-electron chi connectivity index (χ3n) is 4.41. The quantitative estimate of drug-likeness (QED) is 0.851. The number of thiazole rings is 1. The Kier molecular flexibility index (Phi) is 5.41. The van der Waals surface area contributed by atoms with E-state index in [9.17, 15) is 4.79 Å². The van der Waals surface area contributed by atoms with Crippen molar-refractivity contribution in [1.82, 2.24) is 10.3 Å². The van der Waals surface area contributed by atoms with Crippen molar-refractivity contribution in [2.75, 3.05) is 7.11 Å². The molecule has 1 aromatic carbocycles. The summed E-state index contributed by atoms with van der Waals surface area (Å²) in [6, 6.07) is 10.7. The number of benzene rings is 1. The smallest absolute Gasteiger partial charge is 0.308 e. The van der Waals surface area contributed by atoms with Crippen molar-refractivity contribution in [2.45, 2.75) is 38.3 Å². The topological polar surface area (TPSA) is 51.2 Å². The molecule has 0 saturated heterocycles. The zero-order valence-electron chi connectivity index (χ0n) is 13.3. The Balaban J connectivity index is 1.48. The van der Waals surface area contributed by atoms with E-state index >= 15 is 0 Å². The maximum atomic E-state index is 11.5. The average molecular weight is 330 g/mol. The van der Waals surface area contributed by atoms with E-state index in [0.29, 0.717) is 6.04 Å². The van der Waals surface area contributed by atoms with E-state index in [4.69, 9.17) is 9.72 Å². The van der Waals surface area contributed by atoms with Crippen LogP contribution in [0.4, 0.5) is 0 Å². The van der Waals surface area contributed by atoms with Crippen LogP contribution in [0.15, 0.2) is 35.7 Å². The molecule has 0 bridgehead atoms. The maximum absolute atomic E-state index is 11.5. The number of carbonyl (C=O) groups is 1. The number of hydrogen-bond donors (Lipinski definition) is 1. The van der Waals surface area contributed by atoms with Crippen LogP contribution in [0.1, 0.15) is 31.4 Å². The molecule has 2 aromatic rings. The lowest BCUT2D eigenvalue weighted by molar-refractivity contribution is -0.146. The number of nitrogens with one attached hydrogen (secondary N) is 1. The fraction of sp³-hybridized carbons (Fsp3) is 0.444. The van der Waals surface area contributed by atoms with E-state index in [0.717, 1.165) is 42.9 Å². The minimum absolute atomic E-state index is 0.0598. The van der Waals surface area contributed by atoms with Gasteiger partial charge in [-0.3, -0.25) is 4.79 Å². The highest BCUT2D eigenvalue weighted by molar-refractivity contribution is 7.13. The third-order valence-corrected chi connectivity index (χ3v) is 5.35. The van der Waals surface area contributed by atoms with Crippen molar-refractivity contribution in [1.29, 1.82) is 0 Å². The summed E-state index contributed by atoms with van der Waals surface area (Å²) in [5.41, 5.74) is 2.26. The van der Waals surface area contributed by atoms with Crippen molar-refractivity contribution in [3.05, 3.63) is 41.4 Å². The van der Waals surface area contributed by atoms with E-state index in [1.165, 1.54) is 12.7 Å². The Labute approximate surface area is 140 Å². The molecule has 5 heteroatoms. The highest BCUT2D eigenvalue weighted by Crippen LogP contribution is 2.26. The lowest BCUT2D eigenvalue weighted by Crippen LogP contribution is -2.34. The lowest BCUT2D eigenvalue weighted by atomic mass is 9.86. The molecule has 3 rings (SSSR count). The first-order chi connectivity index (χ1) is 11.3. The number of hydrogen-bond acceptors (Lipinski definition) is 5. The molecule has 0 aliphatic heterocycles. The summed E-state index contributed by atoms with van der Waals surface area (Å²) in [6.07, 6.45) is 3.87. The predicted octanol–water partition coefficient (Wildman–Crippen LogP) is 3.63. The zero-order chi connectivity index (χ0) is 16.1. The van der Waals surface area contributed by atoms with Gasteiger partial charge in [-0.1, -0.05) is 30.3 Å². The molecule has 0 radical (unpaired) electrons. The Morgan fingerprint density at radius 2 is 2.00 bits per heavy atom. The van der Waals surface area contributed by atoms with Crippen molar-refractivity contribution in [2.24, 2.45) is 5.92 Å². The first-order valence-corrected chi connectivity index (χ1v) is 8.95. The SMILES string of the molecule is COC(=O)C1CCC(NCc2csc(-c3ccccc3)n2)CC1. The Hall–Kier alpha value is -1.72. The Morgan fingerprint density at radius 1 is 1.26 bits per heavy atom. The molecule has 1 aliphatic carbocycles. The van der Waals surface area contributed by atoms with Gasteiger partial charge in [0, 0.05) is 23.5 Å². The molecule has 23 heavy (non-hydrogen) atoms. The molecule has 1 aliphatic rings. The molecule has 1 aromatic heterocycles. The van der Waals surface area contributed by atoms with Gasteiger partial charge in [0.2, 0.25) is 0 Å². The largest absolute Gasteiger partial charge is 0.469 e. The lowest BCUT2D eigenvalue weighted by Gasteiger charge is -2.27. The van der Waals surface area contributed by atoms with Gasteiger partial charge in [-0.05, 0) is 25.7 Å². The second-order valence-corrected chi connectivity index (χ2v) is 6.82. The van der Waals surface area contributed by atoms with Gasteiger partial charge < -0.3 is 10.1 Å². The van der Waals surface area contributed by atoms with E-state index < -0.39 is 0 Å². The van der Waals surface area contributed by atoms with Gasteiger partial charge in [-0.2, -0.15) is 0 Å². The van der Waals surface area contributed by atoms with Gasteiger partial charge in [0.15, 0.2) is 0 Å². The number of aromatic nitrogens is 1. The second-order valence-electron chi connectivity index (χ2n) is 5.96. The minimum Gasteiger partial charge on any atom is -0.469 e. The number of ether oxygens (including phenoxy) is 1. The Bertz CT molecular complexity index is 633. The summed E-state index contributed by atoms with van der Waals surface area (Å²) in [4.78, 5) is 16.2. The van der Waals surface area contributed by atoms with Crippen molar-refractivity contribution in [3.63, 3.8) is 0 Å². The number of rotatable bonds is 5. The normalized spacial score (nSPS) is 21.1. The van der Waals surface area contributed by atoms with E-state index in [1.54, 1.807) is 11.3 Å². The van der Waals surface area contributed by atoms with Crippen LogP contribution in [0.5, 0.6) is 0 Å². The van der Waals surface area contributed by atoms with E-state index in [2.05, 4.69) is 22.8 Å². The zero-order valence-corrected chi connectivity index (χ0v) is 14.1. The van der Waals surface area contributed by atoms with Crippen LogP contribution >= 0.6 is 11.3 Å². The van der Waals surface area contributed by atoms with Crippen molar-refractivity contribution >= 4 is 17.3 Å². The molecule has 1 saturated carbocycles. The van der Waals surface area contributed by atoms with Crippen LogP contribution in [0.2, 0.25) is 0 Å². The molecule has 1 heterocycles. The van der Waals surface area contributed by atoms with Crippen molar-refractivity contribution in [3.8, 4) is 10.6 Å². The van der Waals surface area contributed by atoms with Crippen LogP contribution in [0, 0.1) is 5.92 Å². The van der Waals surface area contributed by atoms with Crippen LogP contribution in [0.25, 0.3) is 10.6 Å². The van der Waals surface area contributed by atoms with Crippen molar-refractivity contribution < 1.29 is 9.53 Å². The van der Waals surface area contributed by atoms with E-state index in [-0.39, 0.29) is 11.9 Å². The molecule has 1 N–H and O–H groups in total. The number of esters is 1. The van der Waals surface area contributed by atoms with Gasteiger partial charge >= 0.3 is 5.97 Å². The number of nitrogens with zero attached hydrogens (tertiary/aromatic N) is 1. The molecule has 1 fully saturated rings. The van der Waals surface area contributed by atoms with Crippen LogP contribution < -0.4 is 5.32 Å². The molecule has 0 amide bonds. The highest BCUT2D eigenvalue weighted by atomic mass is 32.1. The molecular weight excluding hydrogens is 308 g/mol. The summed E-state index contributed by atoms with van der Waals surface area (Å²) >= 11 is 1.68. The fourth-order valence-corrected chi connectivity index (χ4v) is 3.88. The van der Waals surface area contributed by atoms with Gasteiger partial charge in [0.1, 0.15) is 5.01 Å². The monoisotopic (exact) mass is 330 g/mol. The van der Waals surface area contributed by atoms with E-state index in [1.807, 2.05) is 18.2 Å². The first-order valence-electron chi connectivity index (χ1n) is 8.07. The second kappa shape index (κ2) is 7.70. The maximum Gasteiger partial charge on any atom is 0.308 e. The fourth-order valence-electron chi connectivity index (χ4n) is 3.05. The highest BCUT2D eigenvalue weighted by Gasteiger charge is 2.26. The van der Waals surface area contributed by atoms with Crippen LogP contribution in [-0.4, -0.2) is 24.1 Å². The molecule has 0 spiro atoms. The third kappa shape index (κ3) is 4.18. The van der Waals surface area contributed by atoms with Gasteiger partial charge in [-0.15, -0.1) is 11.3 Å². The summed E-state index contributed by atoms with van der Waals surface area (Å²) in [5, 5.41) is 6.76. The molecule has 122 valence electrons.